The van der Waals surface area contributed by atoms with Gasteiger partial charge in [-0.2, -0.15) is 0 Å². The number of aryl methyl sites for hydroxylation is 1. The van der Waals surface area contributed by atoms with Gasteiger partial charge in [0.25, 0.3) is 5.16 Å². The molecule has 2 rings (SSSR count). The zero-order valence-electron chi connectivity index (χ0n) is 14.5. The second kappa shape index (κ2) is 7.75. The molecular formula is C16H22N4O4S. The summed E-state index contributed by atoms with van der Waals surface area (Å²) < 4.78 is 31.0. The first-order valence-electron chi connectivity index (χ1n) is 7.82. The van der Waals surface area contributed by atoms with Crippen molar-refractivity contribution in [3.8, 4) is 0 Å². The van der Waals surface area contributed by atoms with Crippen LogP contribution in [-0.2, 0) is 25.9 Å². The second-order valence-electron chi connectivity index (χ2n) is 5.76. The minimum Gasteiger partial charge on any atom is -0.468 e. The number of methoxy groups -OCH3 is 1. The molecule has 0 saturated heterocycles. The van der Waals surface area contributed by atoms with Gasteiger partial charge in [0, 0.05) is 0 Å². The molecule has 0 aliphatic carbocycles. The van der Waals surface area contributed by atoms with E-state index in [-0.39, 0.29) is 11.7 Å². The summed E-state index contributed by atoms with van der Waals surface area (Å²) >= 11 is 0. The molecule has 0 aliphatic rings. The van der Waals surface area contributed by atoms with E-state index >= 15 is 0 Å². The van der Waals surface area contributed by atoms with Gasteiger partial charge >= 0.3 is 5.97 Å². The highest BCUT2D eigenvalue weighted by atomic mass is 32.2. The third kappa shape index (κ3) is 4.43. The van der Waals surface area contributed by atoms with Gasteiger partial charge in [-0.05, 0) is 18.9 Å². The van der Waals surface area contributed by atoms with E-state index in [0.717, 1.165) is 18.2 Å². The molecule has 0 spiro atoms. The number of nitrogens with two attached hydrogens (primary N) is 1. The van der Waals surface area contributed by atoms with Crippen molar-refractivity contribution in [1.29, 1.82) is 0 Å². The van der Waals surface area contributed by atoms with Crippen LogP contribution in [0.2, 0.25) is 0 Å². The summed E-state index contributed by atoms with van der Waals surface area (Å²) in [4.78, 5) is 11.4. The molecule has 136 valence electrons. The molecule has 0 saturated carbocycles. The van der Waals surface area contributed by atoms with Crippen LogP contribution in [-0.4, -0.2) is 42.0 Å². The quantitative estimate of drug-likeness (QED) is 0.726. The number of carbonyl (C=O) groups is 1. The lowest BCUT2D eigenvalue weighted by atomic mass is 10.1. The molecule has 1 unspecified atom stereocenters. The second-order valence-corrected chi connectivity index (χ2v) is 7.65. The first kappa shape index (κ1) is 19.1. The maximum absolute atomic E-state index is 12.5. The fourth-order valence-corrected chi connectivity index (χ4v) is 3.51. The van der Waals surface area contributed by atoms with Crippen molar-refractivity contribution < 1.29 is 17.9 Å². The molecule has 0 fully saturated rings. The number of nitrogens with zero attached hydrogens (tertiary/aromatic N) is 3. The number of aromatic nitrogens is 3. The Balaban J connectivity index is 2.48. The summed E-state index contributed by atoms with van der Waals surface area (Å²) in [6.45, 7) is 4.08. The van der Waals surface area contributed by atoms with Gasteiger partial charge in [-0.15, -0.1) is 10.2 Å². The van der Waals surface area contributed by atoms with E-state index in [0.29, 0.717) is 12.2 Å². The molecule has 1 heterocycles. The zero-order chi connectivity index (χ0) is 18.6. The number of hydrogen-bond acceptors (Lipinski definition) is 7. The van der Waals surface area contributed by atoms with E-state index in [1.54, 1.807) is 0 Å². The SMILES string of the molecule is CCC(N)c1nnc(S(=O)(=O)CC(=O)OC)n1Cc1ccc(C)cc1. The maximum Gasteiger partial charge on any atom is 0.321 e. The van der Waals surface area contributed by atoms with Crippen molar-refractivity contribution in [1.82, 2.24) is 14.8 Å². The smallest absolute Gasteiger partial charge is 0.321 e. The van der Waals surface area contributed by atoms with Crippen molar-refractivity contribution in [3.05, 3.63) is 41.2 Å². The summed E-state index contributed by atoms with van der Waals surface area (Å²) in [5.41, 5.74) is 8.02. The van der Waals surface area contributed by atoms with Crippen LogP contribution in [0.25, 0.3) is 0 Å². The predicted molar refractivity (Wildman–Crippen MR) is 91.6 cm³/mol. The van der Waals surface area contributed by atoms with Gasteiger partial charge in [0.05, 0.1) is 19.7 Å². The number of benzene rings is 1. The third-order valence-corrected chi connectivity index (χ3v) is 5.27. The summed E-state index contributed by atoms with van der Waals surface area (Å²) in [6, 6.07) is 7.20. The molecular weight excluding hydrogens is 344 g/mol. The Kier molecular flexibility index (Phi) is 5.91. The highest BCUT2D eigenvalue weighted by Gasteiger charge is 2.29. The van der Waals surface area contributed by atoms with Crippen molar-refractivity contribution >= 4 is 15.8 Å². The van der Waals surface area contributed by atoms with Crippen LogP contribution in [0.5, 0.6) is 0 Å². The molecule has 2 N–H and O–H groups in total. The van der Waals surface area contributed by atoms with Gasteiger partial charge in [-0.1, -0.05) is 36.8 Å². The average Bonchev–Trinajstić information content (AvgIpc) is 3.00. The van der Waals surface area contributed by atoms with E-state index in [1.807, 2.05) is 38.1 Å². The van der Waals surface area contributed by atoms with Crippen LogP contribution in [0.1, 0.15) is 36.3 Å². The molecule has 1 aromatic carbocycles. The summed E-state index contributed by atoms with van der Waals surface area (Å²) in [6.07, 6.45) is 0.573. The van der Waals surface area contributed by atoms with Crippen molar-refractivity contribution in [2.45, 2.75) is 38.0 Å². The third-order valence-electron chi connectivity index (χ3n) is 3.79. The van der Waals surface area contributed by atoms with Crippen LogP contribution < -0.4 is 5.73 Å². The number of ether oxygens (including phenoxy) is 1. The van der Waals surface area contributed by atoms with Gasteiger partial charge in [0.15, 0.2) is 11.6 Å². The van der Waals surface area contributed by atoms with Gasteiger partial charge in [0.1, 0.15) is 0 Å². The normalized spacial score (nSPS) is 12.8. The molecule has 1 aromatic heterocycles. The van der Waals surface area contributed by atoms with E-state index in [9.17, 15) is 13.2 Å². The highest BCUT2D eigenvalue weighted by molar-refractivity contribution is 7.91. The van der Waals surface area contributed by atoms with E-state index in [4.69, 9.17) is 5.73 Å². The number of carbonyl (C=O) groups excluding carboxylic acids is 1. The number of rotatable bonds is 7. The van der Waals surface area contributed by atoms with Crippen LogP contribution in [0.4, 0.5) is 0 Å². The molecule has 0 bridgehead atoms. The Morgan fingerprint density at radius 2 is 1.92 bits per heavy atom. The van der Waals surface area contributed by atoms with Crippen LogP contribution in [0.15, 0.2) is 29.4 Å². The minimum atomic E-state index is -3.99. The van der Waals surface area contributed by atoms with E-state index in [1.165, 1.54) is 4.57 Å². The van der Waals surface area contributed by atoms with Crippen molar-refractivity contribution in [2.75, 3.05) is 12.9 Å². The number of sulfone groups is 1. The standard InChI is InChI=1S/C16H22N4O4S/c1-4-13(17)15-18-19-16(25(22,23)10-14(21)24-3)20(15)9-12-7-5-11(2)6-8-12/h5-8,13H,4,9-10,17H2,1-3H3. The fraction of sp³-hybridized carbons (Fsp3) is 0.438. The Morgan fingerprint density at radius 3 is 2.48 bits per heavy atom. The Hall–Kier alpha value is -2.26. The van der Waals surface area contributed by atoms with Crippen LogP contribution in [0.3, 0.4) is 0 Å². The topological polar surface area (TPSA) is 117 Å². The Labute approximate surface area is 146 Å². The average molecular weight is 366 g/mol. The number of esters is 1. The molecule has 25 heavy (non-hydrogen) atoms. The molecule has 0 amide bonds. The van der Waals surface area contributed by atoms with Gasteiger partial charge < -0.3 is 10.5 Å². The van der Waals surface area contributed by atoms with Crippen LogP contribution >= 0.6 is 0 Å². The Bertz CT molecular complexity index is 844. The van der Waals surface area contributed by atoms with E-state index < -0.39 is 27.6 Å². The van der Waals surface area contributed by atoms with E-state index in [2.05, 4.69) is 14.9 Å². The fourth-order valence-electron chi connectivity index (χ4n) is 2.29. The molecule has 2 aromatic rings. The lowest BCUT2D eigenvalue weighted by molar-refractivity contribution is -0.137. The molecule has 0 aliphatic heterocycles. The lowest BCUT2D eigenvalue weighted by Gasteiger charge is -2.14. The summed E-state index contributed by atoms with van der Waals surface area (Å²) in [5.74, 6) is -1.28. The first-order valence-corrected chi connectivity index (χ1v) is 9.47. The monoisotopic (exact) mass is 366 g/mol. The predicted octanol–water partition coefficient (Wildman–Crippen LogP) is 0.991. The number of hydrogen-bond donors (Lipinski definition) is 1. The van der Waals surface area contributed by atoms with Gasteiger partial charge in [-0.25, -0.2) is 8.42 Å². The zero-order valence-corrected chi connectivity index (χ0v) is 15.3. The van der Waals surface area contributed by atoms with Crippen molar-refractivity contribution in [3.63, 3.8) is 0 Å². The Morgan fingerprint density at radius 1 is 1.28 bits per heavy atom. The molecule has 1 atom stereocenters. The van der Waals surface area contributed by atoms with Crippen molar-refractivity contribution in [2.24, 2.45) is 5.73 Å². The molecule has 9 heteroatoms. The summed E-state index contributed by atoms with van der Waals surface area (Å²) in [7, 11) is -2.86. The van der Waals surface area contributed by atoms with Gasteiger partial charge in [0.2, 0.25) is 9.84 Å². The first-order chi connectivity index (χ1) is 11.8. The van der Waals surface area contributed by atoms with Crippen LogP contribution in [0, 0.1) is 6.92 Å². The summed E-state index contributed by atoms with van der Waals surface area (Å²) in [5, 5.41) is 7.47. The largest absolute Gasteiger partial charge is 0.468 e. The molecule has 0 radical (unpaired) electrons. The molecule has 8 nitrogen and oxygen atoms in total. The van der Waals surface area contributed by atoms with Gasteiger partial charge in [-0.3, -0.25) is 9.36 Å². The minimum absolute atomic E-state index is 0.242. The lowest BCUT2D eigenvalue weighted by Crippen LogP contribution is -2.23. The maximum atomic E-state index is 12.5. The highest BCUT2D eigenvalue weighted by Crippen LogP contribution is 2.19.